The minimum atomic E-state index is -0.748. The predicted molar refractivity (Wildman–Crippen MR) is 73.0 cm³/mol. The molecule has 1 rings (SSSR count). The monoisotopic (exact) mass is 253 g/mol. The van der Waals surface area contributed by atoms with Crippen LogP contribution in [0.15, 0.2) is 10.9 Å². The number of H-pyrrole nitrogens is 1. The van der Waals surface area contributed by atoms with Gasteiger partial charge in [-0.25, -0.2) is 4.98 Å². The van der Waals surface area contributed by atoms with E-state index in [-0.39, 0.29) is 11.5 Å². The molecule has 1 heterocycles. The van der Waals surface area contributed by atoms with Crippen molar-refractivity contribution in [2.75, 3.05) is 11.9 Å². The molecule has 1 aromatic heterocycles. The molecule has 0 aromatic carbocycles. The number of hydrogen-bond donors (Lipinski definition) is 3. The summed E-state index contributed by atoms with van der Waals surface area (Å²) in [6, 6.07) is 1.41. The van der Waals surface area contributed by atoms with Gasteiger partial charge in [0.15, 0.2) is 0 Å². The van der Waals surface area contributed by atoms with E-state index in [2.05, 4.69) is 15.3 Å². The Labute approximate surface area is 108 Å². The van der Waals surface area contributed by atoms with Crippen molar-refractivity contribution >= 4 is 5.82 Å². The van der Waals surface area contributed by atoms with Gasteiger partial charge in [0.2, 0.25) is 0 Å². The Morgan fingerprint density at radius 2 is 2.06 bits per heavy atom. The van der Waals surface area contributed by atoms with E-state index in [1.807, 2.05) is 27.7 Å². The predicted octanol–water partition coefficient (Wildman–Crippen LogP) is 1.86. The fourth-order valence-corrected chi connectivity index (χ4v) is 1.60. The number of anilines is 1. The maximum absolute atomic E-state index is 11.5. The first-order valence-corrected chi connectivity index (χ1v) is 6.47. The van der Waals surface area contributed by atoms with Gasteiger partial charge in [0.05, 0.1) is 5.60 Å². The van der Waals surface area contributed by atoms with E-state index in [0.717, 1.165) is 0 Å². The van der Waals surface area contributed by atoms with Gasteiger partial charge in [-0.2, -0.15) is 0 Å². The van der Waals surface area contributed by atoms with Crippen molar-refractivity contribution in [3.63, 3.8) is 0 Å². The maximum atomic E-state index is 11.5. The highest BCUT2D eigenvalue weighted by Gasteiger charge is 2.21. The molecule has 18 heavy (non-hydrogen) atoms. The molecule has 0 amide bonds. The molecule has 0 spiro atoms. The van der Waals surface area contributed by atoms with Crippen LogP contribution in [0.3, 0.4) is 0 Å². The van der Waals surface area contributed by atoms with Crippen molar-refractivity contribution in [1.82, 2.24) is 9.97 Å². The molecular weight excluding hydrogens is 230 g/mol. The lowest BCUT2D eigenvalue weighted by atomic mass is 9.98. The van der Waals surface area contributed by atoms with Crippen LogP contribution in [-0.2, 0) is 0 Å². The fourth-order valence-electron chi connectivity index (χ4n) is 1.60. The van der Waals surface area contributed by atoms with Crippen molar-refractivity contribution in [2.45, 2.75) is 52.1 Å². The van der Waals surface area contributed by atoms with Gasteiger partial charge in [0, 0.05) is 18.5 Å². The average Bonchev–Trinajstić information content (AvgIpc) is 2.35. The first-order valence-electron chi connectivity index (χ1n) is 6.47. The molecule has 0 saturated heterocycles. The number of aromatic amines is 1. The topological polar surface area (TPSA) is 78.0 Å². The number of nitrogens with one attached hydrogen (secondary N) is 2. The quantitative estimate of drug-likeness (QED) is 0.723. The van der Waals surface area contributed by atoms with Crippen LogP contribution in [0.4, 0.5) is 5.82 Å². The van der Waals surface area contributed by atoms with Crippen LogP contribution < -0.4 is 10.9 Å². The largest absolute Gasteiger partial charge is 0.388 e. The Morgan fingerprint density at radius 3 is 2.56 bits per heavy atom. The molecule has 5 heteroatoms. The summed E-state index contributed by atoms with van der Waals surface area (Å²) in [5.41, 5.74) is -0.921. The number of aliphatic hydroxyl groups is 1. The summed E-state index contributed by atoms with van der Waals surface area (Å²) < 4.78 is 0. The fraction of sp³-hybridized carbons (Fsp3) is 0.692. The minimum Gasteiger partial charge on any atom is -0.388 e. The summed E-state index contributed by atoms with van der Waals surface area (Å²) in [5.74, 6) is 1.33. The molecule has 3 N–H and O–H groups in total. The normalized spacial score (nSPS) is 11.9. The lowest BCUT2D eigenvalue weighted by molar-refractivity contribution is 0.0456. The smallest absolute Gasteiger partial charge is 0.252 e. The number of aromatic nitrogens is 2. The van der Waals surface area contributed by atoms with Gasteiger partial charge in [-0.3, -0.25) is 4.79 Å². The average molecular weight is 253 g/mol. The van der Waals surface area contributed by atoms with Gasteiger partial charge in [0.25, 0.3) is 5.56 Å². The molecular formula is C13H23N3O2. The Balaban J connectivity index is 2.82. The van der Waals surface area contributed by atoms with E-state index in [1.54, 1.807) is 0 Å². The molecule has 0 aliphatic rings. The second kappa shape index (κ2) is 6.00. The van der Waals surface area contributed by atoms with E-state index >= 15 is 0 Å². The summed E-state index contributed by atoms with van der Waals surface area (Å²) in [6.45, 7) is 8.22. The van der Waals surface area contributed by atoms with Crippen molar-refractivity contribution in [1.29, 1.82) is 0 Å². The van der Waals surface area contributed by atoms with Crippen LogP contribution in [0, 0.1) is 0 Å². The Morgan fingerprint density at radius 1 is 1.44 bits per heavy atom. The summed E-state index contributed by atoms with van der Waals surface area (Å²) in [6.07, 6.45) is 1.33. The van der Waals surface area contributed by atoms with E-state index in [1.165, 1.54) is 6.07 Å². The second-order valence-electron chi connectivity index (χ2n) is 4.96. The van der Waals surface area contributed by atoms with Gasteiger partial charge < -0.3 is 15.4 Å². The van der Waals surface area contributed by atoms with Gasteiger partial charge in [-0.05, 0) is 12.8 Å². The first-order chi connectivity index (χ1) is 8.40. The van der Waals surface area contributed by atoms with Crippen molar-refractivity contribution in [3.8, 4) is 0 Å². The molecule has 5 nitrogen and oxygen atoms in total. The summed E-state index contributed by atoms with van der Waals surface area (Å²) in [5, 5.41) is 13.2. The second-order valence-corrected chi connectivity index (χ2v) is 4.96. The van der Waals surface area contributed by atoms with Gasteiger partial charge in [0.1, 0.15) is 11.6 Å². The molecule has 0 aliphatic heterocycles. The lowest BCUT2D eigenvalue weighted by Crippen LogP contribution is -2.36. The van der Waals surface area contributed by atoms with E-state index in [0.29, 0.717) is 31.0 Å². The first kappa shape index (κ1) is 14.7. The van der Waals surface area contributed by atoms with Crippen LogP contribution in [0.25, 0.3) is 0 Å². The number of nitrogens with zero attached hydrogens (tertiary/aromatic N) is 1. The van der Waals surface area contributed by atoms with Crippen LogP contribution >= 0.6 is 0 Å². The highest BCUT2D eigenvalue weighted by atomic mass is 16.3. The van der Waals surface area contributed by atoms with Crippen LogP contribution in [-0.4, -0.2) is 27.2 Å². The number of hydrogen-bond acceptors (Lipinski definition) is 4. The Bertz CT molecular complexity index is 436. The summed E-state index contributed by atoms with van der Waals surface area (Å²) in [7, 11) is 0. The van der Waals surface area contributed by atoms with Gasteiger partial charge in [-0.1, -0.05) is 27.7 Å². The Kier molecular flexibility index (Phi) is 4.90. The molecule has 1 aromatic rings. The zero-order valence-corrected chi connectivity index (χ0v) is 11.6. The third-order valence-electron chi connectivity index (χ3n) is 3.22. The van der Waals surface area contributed by atoms with Crippen molar-refractivity contribution in [3.05, 3.63) is 22.2 Å². The number of rotatable bonds is 6. The van der Waals surface area contributed by atoms with Crippen LogP contribution in [0.1, 0.15) is 52.3 Å². The molecule has 102 valence electrons. The van der Waals surface area contributed by atoms with Gasteiger partial charge in [-0.15, -0.1) is 0 Å². The molecule has 0 radical (unpaired) electrons. The third kappa shape index (κ3) is 3.84. The molecule has 0 bridgehead atoms. The molecule has 0 atom stereocenters. The molecule has 0 unspecified atom stereocenters. The van der Waals surface area contributed by atoms with Crippen LogP contribution in [0.2, 0.25) is 0 Å². The van der Waals surface area contributed by atoms with Crippen molar-refractivity contribution < 1.29 is 5.11 Å². The van der Waals surface area contributed by atoms with Crippen LogP contribution in [0.5, 0.6) is 0 Å². The summed E-state index contributed by atoms with van der Waals surface area (Å²) in [4.78, 5) is 18.5. The SMILES string of the molecule is CCC(O)(CC)CNc1cc(=O)[nH]c(C(C)C)n1. The van der Waals surface area contributed by atoms with Gasteiger partial charge >= 0.3 is 0 Å². The highest BCUT2D eigenvalue weighted by molar-refractivity contribution is 5.33. The summed E-state index contributed by atoms with van der Waals surface area (Å²) >= 11 is 0. The third-order valence-corrected chi connectivity index (χ3v) is 3.22. The van der Waals surface area contributed by atoms with E-state index in [4.69, 9.17) is 0 Å². The van der Waals surface area contributed by atoms with E-state index < -0.39 is 5.60 Å². The van der Waals surface area contributed by atoms with E-state index in [9.17, 15) is 9.90 Å². The molecule has 0 fully saturated rings. The lowest BCUT2D eigenvalue weighted by Gasteiger charge is -2.25. The zero-order valence-electron chi connectivity index (χ0n) is 11.6. The maximum Gasteiger partial charge on any atom is 0.252 e. The minimum absolute atomic E-state index is 0.163. The highest BCUT2D eigenvalue weighted by Crippen LogP contribution is 2.16. The molecule has 0 aliphatic carbocycles. The Hall–Kier alpha value is -1.36. The molecule has 0 saturated carbocycles. The zero-order chi connectivity index (χ0) is 13.8. The van der Waals surface area contributed by atoms with Crippen molar-refractivity contribution in [2.24, 2.45) is 0 Å². The standard InChI is InChI=1S/C13H23N3O2/c1-5-13(18,6-2)8-14-10-7-11(17)16-12(15-10)9(3)4/h7,9,18H,5-6,8H2,1-4H3,(H2,14,15,16,17).